The van der Waals surface area contributed by atoms with Crippen molar-refractivity contribution in [3.63, 3.8) is 0 Å². The first-order chi connectivity index (χ1) is 10.2. The molecule has 5 heteroatoms. The number of anilines is 1. The Morgan fingerprint density at radius 2 is 1.95 bits per heavy atom. The maximum absolute atomic E-state index is 12.4. The number of hydrogen-bond donors (Lipinski definition) is 1. The van der Waals surface area contributed by atoms with Crippen LogP contribution < -0.4 is 4.90 Å². The molecule has 2 amide bonds. The van der Waals surface area contributed by atoms with Crippen molar-refractivity contribution in [3.8, 4) is 0 Å². The van der Waals surface area contributed by atoms with Crippen LogP contribution in [0.5, 0.6) is 0 Å². The Hall–Kier alpha value is -1.88. The summed E-state index contributed by atoms with van der Waals surface area (Å²) in [5.41, 5.74) is 1.02. The minimum absolute atomic E-state index is 0.0288. The van der Waals surface area contributed by atoms with Gasteiger partial charge in [-0.05, 0) is 32.9 Å². The average molecular weight is 304 g/mol. The molecule has 0 radical (unpaired) electrons. The fourth-order valence-electron chi connectivity index (χ4n) is 2.82. The van der Waals surface area contributed by atoms with E-state index in [9.17, 15) is 14.7 Å². The Kier molecular flexibility index (Phi) is 4.56. The molecule has 1 fully saturated rings. The monoisotopic (exact) mass is 304 g/mol. The van der Waals surface area contributed by atoms with Crippen molar-refractivity contribution in [1.82, 2.24) is 4.90 Å². The maximum atomic E-state index is 12.4. The van der Waals surface area contributed by atoms with Gasteiger partial charge in [0.2, 0.25) is 11.8 Å². The molecule has 1 aromatic carbocycles. The number of rotatable bonds is 4. The summed E-state index contributed by atoms with van der Waals surface area (Å²) in [7, 11) is 1.67. The normalized spacial score (nSPS) is 18.7. The van der Waals surface area contributed by atoms with Crippen molar-refractivity contribution < 1.29 is 14.7 Å². The lowest BCUT2D eigenvalue weighted by atomic mass is 10.1. The molecule has 1 aliphatic rings. The van der Waals surface area contributed by atoms with E-state index in [1.54, 1.807) is 25.8 Å². The van der Waals surface area contributed by atoms with E-state index in [1.807, 2.05) is 31.2 Å². The highest BCUT2D eigenvalue weighted by Gasteiger charge is 2.37. The lowest BCUT2D eigenvalue weighted by Gasteiger charge is -2.27. The highest BCUT2D eigenvalue weighted by molar-refractivity contribution is 6.00. The minimum Gasteiger partial charge on any atom is -0.389 e. The standard InChI is InChI=1S/C17H24N2O3/c1-12-5-7-14(8-6-12)19-10-13(9-15(19)20)16(21)18(4)11-17(2,3)22/h5-8,13,22H,9-11H2,1-4H3. The molecule has 1 heterocycles. The van der Waals surface area contributed by atoms with Crippen LogP contribution in [0.4, 0.5) is 5.69 Å². The van der Waals surface area contributed by atoms with E-state index in [2.05, 4.69) is 0 Å². The van der Waals surface area contributed by atoms with Gasteiger partial charge in [-0.15, -0.1) is 0 Å². The van der Waals surface area contributed by atoms with Gasteiger partial charge in [0.15, 0.2) is 0 Å². The Morgan fingerprint density at radius 3 is 2.50 bits per heavy atom. The number of benzene rings is 1. The van der Waals surface area contributed by atoms with Crippen LogP contribution in [0.2, 0.25) is 0 Å². The molecule has 0 spiro atoms. The Bertz CT molecular complexity index is 560. The summed E-state index contributed by atoms with van der Waals surface area (Å²) in [6, 6.07) is 7.72. The molecular weight excluding hydrogens is 280 g/mol. The number of aryl methyl sites for hydroxylation is 1. The molecule has 1 aliphatic heterocycles. The van der Waals surface area contributed by atoms with Crippen LogP contribution in [-0.2, 0) is 9.59 Å². The molecule has 5 nitrogen and oxygen atoms in total. The first-order valence-corrected chi connectivity index (χ1v) is 7.52. The van der Waals surface area contributed by atoms with E-state index in [0.29, 0.717) is 6.54 Å². The fourth-order valence-corrected chi connectivity index (χ4v) is 2.82. The first-order valence-electron chi connectivity index (χ1n) is 7.52. The van der Waals surface area contributed by atoms with Crippen LogP contribution >= 0.6 is 0 Å². The zero-order chi connectivity index (χ0) is 16.5. The predicted molar refractivity (Wildman–Crippen MR) is 85.6 cm³/mol. The molecule has 0 aliphatic carbocycles. The third kappa shape index (κ3) is 3.85. The second-order valence-corrected chi connectivity index (χ2v) is 6.75. The zero-order valence-corrected chi connectivity index (χ0v) is 13.7. The fraction of sp³-hybridized carbons (Fsp3) is 0.529. The van der Waals surface area contributed by atoms with Gasteiger partial charge in [0.05, 0.1) is 11.5 Å². The number of carbonyl (C=O) groups excluding carboxylic acids is 2. The van der Waals surface area contributed by atoms with Gasteiger partial charge in [-0.2, -0.15) is 0 Å². The quantitative estimate of drug-likeness (QED) is 0.918. The van der Waals surface area contributed by atoms with Crippen LogP contribution in [0, 0.1) is 12.8 Å². The van der Waals surface area contributed by atoms with Gasteiger partial charge >= 0.3 is 0 Å². The number of carbonyl (C=O) groups is 2. The average Bonchev–Trinajstić information content (AvgIpc) is 2.79. The van der Waals surface area contributed by atoms with Crippen LogP contribution in [-0.4, -0.2) is 47.6 Å². The number of aliphatic hydroxyl groups is 1. The van der Waals surface area contributed by atoms with Crippen molar-refractivity contribution in [1.29, 1.82) is 0 Å². The Morgan fingerprint density at radius 1 is 1.36 bits per heavy atom. The summed E-state index contributed by atoms with van der Waals surface area (Å²) < 4.78 is 0. The van der Waals surface area contributed by atoms with Crippen molar-refractivity contribution in [2.24, 2.45) is 5.92 Å². The van der Waals surface area contributed by atoms with E-state index >= 15 is 0 Å². The summed E-state index contributed by atoms with van der Waals surface area (Å²) >= 11 is 0. The molecule has 0 aromatic heterocycles. The second kappa shape index (κ2) is 6.08. The summed E-state index contributed by atoms with van der Waals surface area (Å²) in [5, 5.41) is 9.82. The molecule has 1 aromatic rings. The van der Waals surface area contributed by atoms with Crippen molar-refractivity contribution in [2.75, 3.05) is 25.0 Å². The van der Waals surface area contributed by atoms with Crippen LogP contribution in [0.15, 0.2) is 24.3 Å². The third-order valence-electron chi connectivity index (χ3n) is 3.82. The topological polar surface area (TPSA) is 60.9 Å². The van der Waals surface area contributed by atoms with Gasteiger partial charge in [-0.1, -0.05) is 17.7 Å². The van der Waals surface area contributed by atoms with Crippen molar-refractivity contribution >= 4 is 17.5 Å². The summed E-state index contributed by atoms with van der Waals surface area (Å²) in [6.45, 7) is 5.97. The highest BCUT2D eigenvalue weighted by atomic mass is 16.3. The first kappa shape index (κ1) is 16.5. The van der Waals surface area contributed by atoms with Crippen molar-refractivity contribution in [2.45, 2.75) is 32.8 Å². The highest BCUT2D eigenvalue weighted by Crippen LogP contribution is 2.26. The van der Waals surface area contributed by atoms with Gasteiger partial charge in [0.1, 0.15) is 0 Å². The number of amides is 2. The molecule has 1 atom stereocenters. The lowest BCUT2D eigenvalue weighted by Crippen LogP contribution is -2.43. The van der Waals surface area contributed by atoms with Gasteiger partial charge in [-0.25, -0.2) is 0 Å². The third-order valence-corrected chi connectivity index (χ3v) is 3.82. The smallest absolute Gasteiger partial charge is 0.227 e. The van der Waals surface area contributed by atoms with E-state index in [1.165, 1.54) is 4.90 Å². The largest absolute Gasteiger partial charge is 0.389 e. The molecular formula is C17H24N2O3. The van der Waals surface area contributed by atoms with E-state index < -0.39 is 5.60 Å². The predicted octanol–water partition coefficient (Wildman–Crippen LogP) is 1.58. The zero-order valence-electron chi connectivity index (χ0n) is 13.7. The molecule has 22 heavy (non-hydrogen) atoms. The van der Waals surface area contributed by atoms with Crippen LogP contribution in [0.25, 0.3) is 0 Å². The van der Waals surface area contributed by atoms with Gasteiger partial charge in [0.25, 0.3) is 0 Å². The van der Waals surface area contributed by atoms with Gasteiger partial charge in [0, 0.05) is 32.2 Å². The van der Waals surface area contributed by atoms with Gasteiger partial charge < -0.3 is 14.9 Å². The van der Waals surface area contributed by atoms with Gasteiger partial charge in [-0.3, -0.25) is 9.59 Å². The van der Waals surface area contributed by atoms with E-state index in [0.717, 1.165) is 11.3 Å². The molecule has 1 unspecified atom stereocenters. The summed E-state index contributed by atoms with van der Waals surface area (Å²) in [4.78, 5) is 27.8. The summed E-state index contributed by atoms with van der Waals surface area (Å²) in [6.07, 6.45) is 0.225. The van der Waals surface area contributed by atoms with E-state index in [4.69, 9.17) is 0 Å². The molecule has 2 rings (SSSR count). The van der Waals surface area contributed by atoms with Crippen molar-refractivity contribution in [3.05, 3.63) is 29.8 Å². The molecule has 0 bridgehead atoms. The summed E-state index contributed by atoms with van der Waals surface area (Å²) in [5.74, 6) is -0.467. The Labute approximate surface area is 131 Å². The molecule has 120 valence electrons. The lowest BCUT2D eigenvalue weighted by molar-refractivity contribution is -0.137. The number of hydrogen-bond acceptors (Lipinski definition) is 3. The van der Waals surface area contributed by atoms with Crippen LogP contribution in [0.3, 0.4) is 0 Å². The maximum Gasteiger partial charge on any atom is 0.227 e. The SMILES string of the molecule is Cc1ccc(N2CC(C(=O)N(C)CC(C)(C)O)CC2=O)cc1. The number of likely N-dealkylation sites (N-methyl/N-ethyl adjacent to an activating group) is 1. The number of nitrogens with zero attached hydrogens (tertiary/aromatic N) is 2. The molecule has 1 saturated heterocycles. The molecule has 0 saturated carbocycles. The Balaban J connectivity index is 2.05. The molecule has 1 N–H and O–H groups in total. The van der Waals surface area contributed by atoms with E-state index in [-0.39, 0.29) is 30.7 Å². The second-order valence-electron chi connectivity index (χ2n) is 6.75. The van der Waals surface area contributed by atoms with Crippen LogP contribution in [0.1, 0.15) is 25.8 Å². The minimum atomic E-state index is -0.941.